The van der Waals surface area contributed by atoms with Gasteiger partial charge in [-0.25, -0.2) is 8.78 Å². The summed E-state index contributed by atoms with van der Waals surface area (Å²) in [7, 11) is -3.77. The van der Waals surface area contributed by atoms with Gasteiger partial charge in [0.1, 0.15) is 5.75 Å². The summed E-state index contributed by atoms with van der Waals surface area (Å²) in [4.78, 5) is 1.87. The van der Waals surface area contributed by atoms with Crippen LogP contribution in [-0.2, 0) is 20.5 Å². The number of nitrogens with zero attached hydrogens (tertiary/aromatic N) is 2. The summed E-state index contributed by atoms with van der Waals surface area (Å²) in [5.74, 6) is -2.53. The van der Waals surface area contributed by atoms with Crippen LogP contribution in [0, 0.1) is 11.3 Å². The van der Waals surface area contributed by atoms with Gasteiger partial charge in [-0.1, -0.05) is 12.1 Å². The van der Waals surface area contributed by atoms with Crippen molar-refractivity contribution in [3.8, 4) is 11.8 Å². The highest BCUT2D eigenvalue weighted by molar-refractivity contribution is 7.85. The van der Waals surface area contributed by atoms with E-state index in [9.17, 15) is 30.4 Å². The molecule has 2 aromatic rings. The second-order valence-electron chi connectivity index (χ2n) is 8.90. The Balaban J connectivity index is 1.49. The zero-order valence-corrected chi connectivity index (χ0v) is 20.9. The minimum Gasteiger partial charge on any atom is -0.493 e. The molecule has 0 unspecified atom stereocenters. The predicted octanol–water partition coefficient (Wildman–Crippen LogP) is 5.73. The molecule has 0 N–H and O–H groups in total. The minimum absolute atomic E-state index is 0.185. The number of halogens is 5. The molecule has 1 heterocycles. The second-order valence-corrected chi connectivity index (χ2v) is 10.5. The maximum atomic E-state index is 13.9. The Morgan fingerprint density at radius 3 is 2.19 bits per heavy atom. The first-order chi connectivity index (χ1) is 17.3. The van der Waals surface area contributed by atoms with Crippen molar-refractivity contribution in [1.82, 2.24) is 0 Å². The lowest BCUT2D eigenvalue weighted by molar-refractivity contribution is -0.137. The van der Waals surface area contributed by atoms with Crippen molar-refractivity contribution in [3.05, 3.63) is 59.2 Å². The number of hydrogen-bond donors (Lipinski definition) is 0. The molecule has 0 radical (unpaired) electrons. The Labute approximate surface area is 212 Å². The number of anilines is 1. The number of benzene rings is 2. The molecule has 37 heavy (non-hydrogen) atoms. The quantitative estimate of drug-likeness (QED) is 0.280. The van der Waals surface area contributed by atoms with Crippen LogP contribution in [-0.4, -0.2) is 46.9 Å². The Hall–Kier alpha value is -2.91. The molecule has 2 aromatic carbocycles. The average molecular weight is 547 g/mol. The van der Waals surface area contributed by atoms with Crippen LogP contribution in [0.3, 0.4) is 0 Å². The lowest BCUT2D eigenvalue weighted by atomic mass is 9.89. The van der Waals surface area contributed by atoms with Crippen LogP contribution in [0.5, 0.6) is 5.75 Å². The van der Waals surface area contributed by atoms with E-state index in [0.717, 1.165) is 17.9 Å². The summed E-state index contributed by atoms with van der Waals surface area (Å²) in [5, 5.41) is 8.97. The van der Waals surface area contributed by atoms with E-state index >= 15 is 0 Å². The molecule has 1 aliphatic heterocycles. The largest absolute Gasteiger partial charge is 0.493 e. The molecule has 0 atom stereocenters. The number of piperidine rings is 1. The van der Waals surface area contributed by atoms with Gasteiger partial charge in [-0.05, 0) is 54.7 Å². The SMILES string of the molecule is CS(=O)(=O)OCCC(F)(F)CCOc1ccc(C2CCN(c3ccc(C#N)c(C(F)(F)F)c3)CC2)cc1. The van der Waals surface area contributed by atoms with Crippen molar-refractivity contribution in [3.63, 3.8) is 0 Å². The monoisotopic (exact) mass is 546 g/mol. The van der Waals surface area contributed by atoms with E-state index in [1.54, 1.807) is 18.2 Å². The van der Waals surface area contributed by atoms with Crippen LogP contribution < -0.4 is 9.64 Å². The van der Waals surface area contributed by atoms with E-state index in [1.807, 2.05) is 17.0 Å². The van der Waals surface area contributed by atoms with Gasteiger partial charge in [-0.15, -0.1) is 0 Å². The number of rotatable bonds is 10. The van der Waals surface area contributed by atoms with Gasteiger partial charge in [-0.2, -0.15) is 26.9 Å². The highest BCUT2D eigenvalue weighted by atomic mass is 32.2. The molecule has 0 amide bonds. The van der Waals surface area contributed by atoms with E-state index < -0.39 is 52.8 Å². The molecule has 1 saturated heterocycles. The fourth-order valence-electron chi connectivity index (χ4n) is 4.15. The third kappa shape index (κ3) is 8.57. The fourth-order valence-corrected chi connectivity index (χ4v) is 4.54. The number of nitriles is 1. The first-order valence-corrected chi connectivity index (χ1v) is 13.4. The second kappa shape index (κ2) is 11.6. The molecule has 6 nitrogen and oxygen atoms in total. The van der Waals surface area contributed by atoms with Gasteiger partial charge in [0, 0.05) is 31.6 Å². The summed E-state index contributed by atoms with van der Waals surface area (Å²) in [5.41, 5.74) is 0.0996. The zero-order valence-electron chi connectivity index (χ0n) is 20.1. The van der Waals surface area contributed by atoms with Gasteiger partial charge in [0.2, 0.25) is 0 Å². The number of hydrogen-bond acceptors (Lipinski definition) is 6. The van der Waals surface area contributed by atoms with Crippen molar-refractivity contribution in [2.24, 2.45) is 0 Å². The molecule has 1 fully saturated rings. The minimum atomic E-state index is -4.61. The van der Waals surface area contributed by atoms with Crippen LogP contribution >= 0.6 is 0 Å². The maximum absolute atomic E-state index is 13.9. The van der Waals surface area contributed by atoms with Crippen LogP contribution in [0.15, 0.2) is 42.5 Å². The Morgan fingerprint density at radius 1 is 1.00 bits per heavy atom. The Kier molecular flexibility index (Phi) is 9.02. The first-order valence-electron chi connectivity index (χ1n) is 11.6. The topological polar surface area (TPSA) is 79.6 Å². The highest BCUT2D eigenvalue weighted by Crippen LogP contribution is 2.36. The number of alkyl halides is 5. The van der Waals surface area contributed by atoms with Crippen molar-refractivity contribution >= 4 is 15.8 Å². The lowest BCUT2D eigenvalue weighted by Gasteiger charge is -2.34. The molecular formula is C25H27F5N2O4S. The fraction of sp³-hybridized carbons (Fsp3) is 0.480. The van der Waals surface area contributed by atoms with Gasteiger partial charge in [0.25, 0.3) is 16.0 Å². The molecular weight excluding hydrogens is 519 g/mol. The molecule has 202 valence electrons. The summed E-state index contributed by atoms with van der Waals surface area (Å²) in [6, 6.07) is 12.4. The van der Waals surface area contributed by atoms with E-state index in [0.29, 0.717) is 37.4 Å². The van der Waals surface area contributed by atoms with Crippen LogP contribution in [0.1, 0.15) is 48.3 Å². The van der Waals surface area contributed by atoms with E-state index in [-0.39, 0.29) is 12.5 Å². The number of ether oxygens (including phenoxy) is 1. The summed E-state index contributed by atoms with van der Waals surface area (Å²) < 4.78 is 99.0. The van der Waals surface area contributed by atoms with E-state index in [2.05, 4.69) is 4.18 Å². The van der Waals surface area contributed by atoms with Crippen molar-refractivity contribution < 1.29 is 39.3 Å². The molecule has 3 rings (SSSR count). The van der Waals surface area contributed by atoms with Gasteiger partial charge < -0.3 is 9.64 Å². The van der Waals surface area contributed by atoms with Crippen molar-refractivity contribution in [2.45, 2.75) is 43.7 Å². The van der Waals surface area contributed by atoms with Crippen molar-refractivity contribution in [1.29, 1.82) is 5.26 Å². The van der Waals surface area contributed by atoms with E-state index in [1.165, 1.54) is 12.1 Å². The van der Waals surface area contributed by atoms with Crippen LogP contribution in [0.2, 0.25) is 0 Å². The van der Waals surface area contributed by atoms with Gasteiger partial charge >= 0.3 is 6.18 Å². The van der Waals surface area contributed by atoms with Crippen LogP contribution in [0.25, 0.3) is 0 Å². The summed E-state index contributed by atoms with van der Waals surface area (Å²) in [6.07, 6.45) is -3.71. The lowest BCUT2D eigenvalue weighted by Crippen LogP contribution is -2.33. The van der Waals surface area contributed by atoms with Gasteiger partial charge in [0.15, 0.2) is 0 Å². The normalized spacial score (nSPS) is 15.4. The molecule has 0 bridgehead atoms. The highest BCUT2D eigenvalue weighted by Gasteiger charge is 2.34. The zero-order chi connectivity index (χ0) is 27.3. The smallest absolute Gasteiger partial charge is 0.417 e. The third-order valence-electron chi connectivity index (χ3n) is 6.14. The molecule has 0 saturated carbocycles. The molecule has 0 spiro atoms. The van der Waals surface area contributed by atoms with E-state index in [4.69, 9.17) is 10.00 Å². The first kappa shape index (κ1) is 28.7. The third-order valence-corrected chi connectivity index (χ3v) is 6.74. The van der Waals surface area contributed by atoms with Crippen molar-refractivity contribution in [2.75, 3.05) is 37.5 Å². The summed E-state index contributed by atoms with van der Waals surface area (Å²) >= 11 is 0. The van der Waals surface area contributed by atoms with Gasteiger partial charge in [-0.3, -0.25) is 4.18 Å². The van der Waals surface area contributed by atoms with Gasteiger partial charge in [0.05, 0.1) is 36.7 Å². The molecule has 0 aliphatic carbocycles. The molecule has 1 aliphatic rings. The van der Waals surface area contributed by atoms with Crippen LogP contribution in [0.4, 0.5) is 27.6 Å². The average Bonchev–Trinajstić information content (AvgIpc) is 2.82. The Bertz CT molecular complexity index is 1200. The standard InChI is InChI=1S/C25H27F5N2O4S/c1-37(33,34)36-15-11-24(26,27)10-14-35-22-6-3-18(4-7-22)19-8-12-32(13-9-19)21-5-2-20(17-31)23(16-21)25(28,29)30/h2-7,16,19H,8-15H2,1H3. The molecule has 12 heteroatoms. The Morgan fingerprint density at radius 2 is 1.62 bits per heavy atom. The summed E-state index contributed by atoms with van der Waals surface area (Å²) in [6.45, 7) is 0.233. The molecule has 0 aromatic heterocycles. The predicted molar refractivity (Wildman–Crippen MR) is 127 cm³/mol. The maximum Gasteiger partial charge on any atom is 0.417 e.